The van der Waals surface area contributed by atoms with E-state index in [1.807, 2.05) is 28.8 Å². The zero-order valence-electron chi connectivity index (χ0n) is 14.8. The Labute approximate surface area is 149 Å². The fourth-order valence-electron chi connectivity index (χ4n) is 3.31. The van der Waals surface area contributed by atoms with E-state index in [1.54, 1.807) is 12.5 Å². The van der Waals surface area contributed by atoms with Crippen LogP contribution in [0.3, 0.4) is 0 Å². The predicted octanol–water partition coefficient (Wildman–Crippen LogP) is 2.58. The molecule has 0 saturated carbocycles. The number of carbonyl (C=O) groups is 1. The smallest absolute Gasteiger partial charge is 0.317 e. The first-order chi connectivity index (χ1) is 12.2. The van der Waals surface area contributed by atoms with Crippen molar-refractivity contribution in [1.82, 2.24) is 19.8 Å². The topological polar surface area (TPSA) is 53.4 Å². The average Bonchev–Trinajstić information content (AvgIpc) is 3.19. The van der Waals surface area contributed by atoms with Crippen molar-refractivity contribution in [3.8, 4) is 0 Å². The number of imidazole rings is 1. The Balaban J connectivity index is 1.44. The van der Waals surface area contributed by atoms with Crippen molar-refractivity contribution in [3.63, 3.8) is 0 Å². The summed E-state index contributed by atoms with van der Waals surface area (Å²) in [5, 5.41) is 3.03. The predicted molar refractivity (Wildman–Crippen MR) is 99.7 cm³/mol. The van der Waals surface area contributed by atoms with Gasteiger partial charge in [-0.15, -0.1) is 0 Å². The van der Waals surface area contributed by atoms with Gasteiger partial charge in [-0.1, -0.05) is 18.2 Å². The highest BCUT2D eigenvalue weighted by atomic mass is 16.2. The number of hydrogen-bond donors (Lipinski definition) is 1. The van der Waals surface area contributed by atoms with Gasteiger partial charge in [0.15, 0.2) is 0 Å². The Morgan fingerprint density at radius 2 is 2.20 bits per heavy atom. The van der Waals surface area contributed by atoms with Gasteiger partial charge in [0.2, 0.25) is 0 Å². The molecular formula is C19H27N5O. The Hall–Kier alpha value is -2.50. The van der Waals surface area contributed by atoms with Gasteiger partial charge < -0.3 is 19.7 Å². The van der Waals surface area contributed by atoms with E-state index in [2.05, 4.69) is 39.5 Å². The summed E-state index contributed by atoms with van der Waals surface area (Å²) in [6.07, 6.45) is 8.58. The number of nitrogens with one attached hydrogen (secondary N) is 1. The molecule has 0 spiro atoms. The van der Waals surface area contributed by atoms with Crippen molar-refractivity contribution < 1.29 is 4.79 Å². The highest BCUT2D eigenvalue weighted by molar-refractivity contribution is 5.74. The average molecular weight is 341 g/mol. The summed E-state index contributed by atoms with van der Waals surface area (Å²) in [7, 11) is 1.91. The van der Waals surface area contributed by atoms with Crippen molar-refractivity contribution in [3.05, 3.63) is 49.1 Å². The van der Waals surface area contributed by atoms with Gasteiger partial charge in [-0.25, -0.2) is 9.78 Å². The first-order valence-corrected chi connectivity index (χ1v) is 9.00. The summed E-state index contributed by atoms with van der Waals surface area (Å²) >= 11 is 0. The maximum absolute atomic E-state index is 12.4. The zero-order chi connectivity index (χ0) is 17.5. The Kier molecular flexibility index (Phi) is 5.93. The summed E-state index contributed by atoms with van der Waals surface area (Å²) in [5.41, 5.74) is 1.24. The molecule has 1 aliphatic heterocycles. The van der Waals surface area contributed by atoms with Gasteiger partial charge in [-0.2, -0.15) is 0 Å². The van der Waals surface area contributed by atoms with Crippen LogP contribution in [-0.4, -0.2) is 53.2 Å². The van der Waals surface area contributed by atoms with Crippen LogP contribution in [0.25, 0.3) is 0 Å². The molecule has 1 aromatic heterocycles. The third-order valence-electron chi connectivity index (χ3n) is 4.81. The van der Waals surface area contributed by atoms with Crippen LogP contribution in [0.1, 0.15) is 19.3 Å². The molecule has 0 bridgehead atoms. The lowest BCUT2D eigenvalue weighted by Crippen LogP contribution is -2.51. The summed E-state index contributed by atoms with van der Waals surface area (Å²) < 4.78 is 2.02. The van der Waals surface area contributed by atoms with Crippen LogP contribution in [0, 0.1) is 0 Å². The molecule has 0 unspecified atom stereocenters. The molecule has 6 heteroatoms. The molecule has 1 saturated heterocycles. The van der Waals surface area contributed by atoms with Gasteiger partial charge in [0, 0.05) is 51.3 Å². The fraction of sp³-hybridized carbons (Fsp3) is 0.474. The summed E-state index contributed by atoms with van der Waals surface area (Å²) in [6.45, 7) is 3.50. The van der Waals surface area contributed by atoms with Crippen LogP contribution in [0.15, 0.2) is 49.1 Å². The normalized spacial score (nSPS) is 17.3. The maximum Gasteiger partial charge on any atom is 0.317 e. The minimum atomic E-state index is 0.0190. The zero-order valence-corrected chi connectivity index (χ0v) is 14.8. The summed E-state index contributed by atoms with van der Waals surface area (Å²) in [5.74, 6) is 0. The van der Waals surface area contributed by atoms with Crippen molar-refractivity contribution in [1.29, 1.82) is 0 Å². The van der Waals surface area contributed by atoms with E-state index in [4.69, 9.17) is 0 Å². The number of piperidine rings is 1. The molecule has 6 nitrogen and oxygen atoms in total. The third-order valence-corrected chi connectivity index (χ3v) is 4.81. The van der Waals surface area contributed by atoms with Crippen molar-refractivity contribution in [2.45, 2.75) is 31.8 Å². The number of hydrogen-bond acceptors (Lipinski definition) is 3. The SMILES string of the molecule is CN(C(=O)NCCCn1ccnc1)[C@@H]1CCCN(c2ccccc2)C1. The molecule has 1 fully saturated rings. The maximum atomic E-state index is 12.4. The Bertz CT molecular complexity index is 643. The number of nitrogens with zero attached hydrogens (tertiary/aromatic N) is 4. The molecule has 0 radical (unpaired) electrons. The first kappa shape index (κ1) is 17.3. The van der Waals surface area contributed by atoms with Gasteiger partial charge in [0.1, 0.15) is 0 Å². The largest absolute Gasteiger partial charge is 0.369 e. The highest BCUT2D eigenvalue weighted by Crippen LogP contribution is 2.21. The number of rotatable bonds is 6. The number of amides is 2. The van der Waals surface area contributed by atoms with E-state index in [0.717, 1.165) is 38.9 Å². The molecule has 2 heterocycles. The van der Waals surface area contributed by atoms with Gasteiger partial charge in [-0.05, 0) is 31.4 Å². The van der Waals surface area contributed by atoms with E-state index in [9.17, 15) is 4.79 Å². The number of urea groups is 1. The van der Waals surface area contributed by atoms with Gasteiger partial charge in [0.25, 0.3) is 0 Å². The fourth-order valence-corrected chi connectivity index (χ4v) is 3.31. The van der Waals surface area contributed by atoms with Crippen LogP contribution >= 0.6 is 0 Å². The Morgan fingerprint density at radius 1 is 1.36 bits per heavy atom. The summed E-state index contributed by atoms with van der Waals surface area (Å²) in [4.78, 5) is 20.7. The number of carbonyl (C=O) groups excluding carboxylic acids is 1. The lowest BCUT2D eigenvalue weighted by molar-refractivity contribution is 0.182. The molecule has 1 N–H and O–H groups in total. The van der Waals surface area contributed by atoms with Gasteiger partial charge in [-0.3, -0.25) is 0 Å². The second-order valence-electron chi connectivity index (χ2n) is 6.57. The first-order valence-electron chi connectivity index (χ1n) is 9.00. The lowest BCUT2D eigenvalue weighted by Gasteiger charge is -2.38. The molecule has 134 valence electrons. The van der Waals surface area contributed by atoms with Crippen LogP contribution in [-0.2, 0) is 6.54 Å². The van der Waals surface area contributed by atoms with Crippen molar-refractivity contribution >= 4 is 11.7 Å². The van der Waals surface area contributed by atoms with Crippen LogP contribution in [0.5, 0.6) is 0 Å². The highest BCUT2D eigenvalue weighted by Gasteiger charge is 2.26. The van der Waals surface area contributed by atoms with Crippen LogP contribution < -0.4 is 10.2 Å². The lowest BCUT2D eigenvalue weighted by atomic mass is 10.0. The Morgan fingerprint density at radius 3 is 2.96 bits per heavy atom. The molecule has 3 rings (SSSR count). The molecule has 25 heavy (non-hydrogen) atoms. The molecule has 0 aliphatic carbocycles. The molecular weight excluding hydrogens is 314 g/mol. The second kappa shape index (κ2) is 8.55. The quantitative estimate of drug-likeness (QED) is 0.822. The van der Waals surface area contributed by atoms with Crippen molar-refractivity contribution in [2.24, 2.45) is 0 Å². The van der Waals surface area contributed by atoms with Gasteiger partial charge in [0.05, 0.1) is 12.4 Å². The molecule has 1 aromatic carbocycles. The minimum absolute atomic E-state index is 0.0190. The number of aromatic nitrogens is 2. The molecule has 1 atom stereocenters. The third kappa shape index (κ3) is 4.75. The molecule has 2 aromatic rings. The van der Waals surface area contributed by atoms with E-state index < -0.39 is 0 Å². The number of likely N-dealkylation sites (N-methyl/N-ethyl adjacent to an activating group) is 1. The molecule has 1 aliphatic rings. The number of anilines is 1. The summed E-state index contributed by atoms with van der Waals surface area (Å²) in [6, 6.07) is 10.7. The number of aryl methyl sites for hydroxylation is 1. The monoisotopic (exact) mass is 341 g/mol. The van der Waals surface area contributed by atoms with Gasteiger partial charge >= 0.3 is 6.03 Å². The number of para-hydroxylation sites is 1. The number of benzene rings is 1. The van der Waals surface area contributed by atoms with E-state index >= 15 is 0 Å². The van der Waals surface area contributed by atoms with Crippen LogP contribution in [0.4, 0.5) is 10.5 Å². The van der Waals surface area contributed by atoms with E-state index in [1.165, 1.54) is 5.69 Å². The van der Waals surface area contributed by atoms with Crippen LogP contribution in [0.2, 0.25) is 0 Å². The standard InChI is InChI=1S/C19H27N5O/c1-22(19(25)21-10-6-12-23-14-11-20-16-23)18-9-5-13-24(15-18)17-7-3-2-4-8-17/h2-4,7-8,11,14,16,18H,5-6,9-10,12-13,15H2,1H3,(H,21,25)/t18-/m1/s1. The van der Waals surface area contributed by atoms with Crippen molar-refractivity contribution in [2.75, 3.05) is 31.6 Å². The van der Waals surface area contributed by atoms with E-state index in [-0.39, 0.29) is 12.1 Å². The minimum Gasteiger partial charge on any atom is -0.369 e. The van der Waals surface area contributed by atoms with E-state index in [0.29, 0.717) is 6.54 Å². The molecule has 2 amide bonds. The second-order valence-corrected chi connectivity index (χ2v) is 6.57.